The predicted octanol–water partition coefficient (Wildman–Crippen LogP) is 1.93. The summed E-state index contributed by atoms with van der Waals surface area (Å²) in [4.78, 5) is 2.25. The van der Waals surface area contributed by atoms with Gasteiger partial charge in [0.2, 0.25) is 0 Å². The Hall–Kier alpha value is 0.650. The van der Waals surface area contributed by atoms with E-state index in [4.69, 9.17) is 12.2 Å². The van der Waals surface area contributed by atoms with Gasteiger partial charge in [-0.2, -0.15) is 0 Å². The number of nitrogens with one attached hydrogen (secondary N) is 1. The summed E-state index contributed by atoms with van der Waals surface area (Å²) in [7, 11) is 1.89. The zero-order valence-corrected chi connectivity index (χ0v) is 11.4. The van der Waals surface area contributed by atoms with Gasteiger partial charge in [-0.1, -0.05) is 31.9 Å². The van der Waals surface area contributed by atoms with Crippen molar-refractivity contribution in [3.05, 3.63) is 0 Å². The molecule has 2 atom stereocenters. The van der Waals surface area contributed by atoms with Crippen molar-refractivity contribution in [2.45, 2.75) is 9.65 Å². The smallest absolute Gasteiger partial charge is 0.168 e. The number of halogens is 2. The number of likely N-dealkylation sites (tertiary alicyclic amines) is 1. The van der Waals surface area contributed by atoms with Gasteiger partial charge in [0.25, 0.3) is 0 Å². The molecule has 5 heteroatoms. The molecule has 1 saturated carbocycles. The maximum atomic E-state index is 5.21. The quantitative estimate of drug-likeness (QED) is 0.540. The number of nitrogens with zero attached hydrogens (tertiary/aromatic N) is 1. The average molecular weight is 328 g/mol. The second-order valence-corrected chi connectivity index (χ2v) is 7.75. The fourth-order valence-electron chi connectivity index (χ4n) is 2.07. The first-order chi connectivity index (χ1) is 6.07. The Balaban J connectivity index is 1.97. The molecule has 2 fully saturated rings. The van der Waals surface area contributed by atoms with Crippen LogP contribution in [0.15, 0.2) is 0 Å². The highest BCUT2D eigenvalue weighted by atomic mass is 79.9. The molecule has 13 heavy (non-hydrogen) atoms. The van der Waals surface area contributed by atoms with E-state index in [-0.39, 0.29) is 3.23 Å². The fraction of sp³-hybridized carbons (Fsp3) is 0.875. The van der Waals surface area contributed by atoms with Crippen LogP contribution in [0.25, 0.3) is 0 Å². The number of hydrogen-bond acceptors (Lipinski definition) is 1. The second kappa shape index (κ2) is 3.35. The summed E-state index contributed by atoms with van der Waals surface area (Å²) in [5.74, 6) is 1.51. The maximum absolute atomic E-state index is 5.21. The van der Waals surface area contributed by atoms with Crippen LogP contribution >= 0.6 is 44.1 Å². The molecule has 0 radical (unpaired) electrons. The number of thiocarbonyl (C=S) groups is 1. The van der Waals surface area contributed by atoms with Gasteiger partial charge >= 0.3 is 0 Å². The molecular formula is C8H12Br2N2S. The lowest BCUT2D eigenvalue weighted by Crippen LogP contribution is -2.42. The predicted molar refractivity (Wildman–Crippen MR) is 65.4 cm³/mol. The van der Waals surface area contributed by atoms with E-state index in [1.54, 1.807) is 0 Å². The van der Waals surface area contributed by atoms with Gasteiger partial charge in [0.05, 0.1) is 3.23 Å². The molecule has 1 heterocycles. The Morgan fingerprint density at radius 1 is 1.54 bits per heavy atom. The lowest BCUT2D eigenvalue weighted by atomic mass is 10.1. The van der Waals surface area contributed by atoms with E-state index in [2.05, 4.69) is 42.1 Å². The Morgan fingerprint density at radius 2 is 2.23 bits per heavy atom. The summed E-state index contributed by atoms with van der Waals surface area (Å²) in [6.45, 7) is 2.15. The van der Waals surface area contributed by atoms with E-state index in [9.17, 15) is 0 Å². The van der Waals surface area contributed by atoms with Crippen molar-refractivity contribution in [2.75, 3.05) is 20.1 Å². The van der Waals surface area contributed by atoms with Crippen molar-refractivity contribution >= 4 is 49.2 Å². The van der Waals surface area contributed by atoms with Crippen LogP contribution in [-0.2, 0) is 0 Å². The Labute approximate surface area is 101 Å². The van der Waals surface area contributed by atoms with Crippen molar-refractivity contribution < 1.29 is 0 Å². The lowest BCUT2D eigenvalue weighted by molar-refractivity contribution is 0.326. The summed E-state index contributed by atoms with van der Waals surface area (Å²) in [5, 5.41) is 3.90. The van der Waals surface area contributed by atoms with Crippen LogP contribution in [0.2, 0.25) is 0 Å². The number of hydrogen-bond donors (Lipinski definition) is 1. The highest BCUT2D eigenvalue weighted by molar-refractivity contribution is 9.25. The van der Waals surface area contributed by atoms with Crippen LogP contribution < -0.4 is 5.32 Å². The Morgan fingerprint density at radius 3 is 2.77 bits per heavy atom. The van der Waals surface area contributed by atoms with Crippen LogP contribution in [0, 0.1) is 11.8 Å². The third-order valence-corrected chi connectivity index (χ3v) is 5.81. The van der Waals surface area contributed by atoms with Crippen molar-refractivity contribution in [1.82, 2.24) is 10.2 Å². The van der Waals surface area contributed by atoms with Gasteiger partial charge in [-0.25, -0.2) is 0 Å². The topological polar surface area (TPSA) is 15.3 Å². The van der Waals surface area contributed by atoms with Crippen LogP contribution in [0.4, 0.5) is 0 Å². The lowest BCUT2D eigenvalue weighted by Gasteiger charge is -2.27. The minimum atomic E-state index is 0.206. The van der Waals surface area contributed by atoms with Crippen LogP contribution in [-0.4, -0.2) is 33.4 Å². The molecule has 1 N–H and O–H groups in total. The van der Waals surface area contributed by atoms with Crippen molar-refractivity contribution in [1.29, 1.82) is 0 Å². The van der Waals surface area contributed by atoms with E-state index in [1.165, 1.54) is 6.42 Å². The normalized spacial score (nSPS) is 35.2. The average Bonchev–Trinajstić information content (AvgIpc) is 2.68. The van der Waals surface area contributed by atoms with Gasteiger partial charge in [0, 0.05) is 26.1 Å². The molecule has 2 nitrogen and oxygen atoms in total. The molecule has 1 saturated heterocycles. The summed E-state index contributed by atoms with van der Waals surface area (Å²) in [6.07, 6.45) is 1.23. The fourth-order valence-corrected chi connectivity index (χ4v) is 3.99. The van der Waals surface area contributed by atoms with E-state index in [0.717, 1.165) is 24.1 Å². The van der Waals surface area contributed by atoms with E-state index >= 15 is 0 Å². The minimum Gasteiger partial charge on any atom is -0.366 e. The molecular weight excluding hydrogens is 316 g/mol. The first kappa shape index (κ1) is 10.2. The zero-order chi connectivity index (χ0) is 9.64. The van der Waals surface area contributed by atoms with Gasteiger partial charge in [-0.05, 0) is 24.6 Å². The van der Waals surface area contributed by atoms with Gasteiger partial charge in [-0.3, -0.25) is 0 Å². The van der Waals surface area contributed by atoms with E-state index < -0.39 is 0 Å². The van der Waals surface area contributed by atoms with E-state index in [1.807, 2.05) is 7.05 Å². The molecule has 0 unspecified atom stereocenters. The molecule has 74 valence electrons. The molecule has 0 bridgehead atoms. The van der Waals surface area contributed by atoms with Gasteiger partial charge in [0.15, 0.2) is 5.11 Å². The Bertz CT molecular complexity index is 244. The van der Waals surface area contributed by atoms with Crippen molar-refractivity contribution in [2.24, 2.45) is 11.8 Å². The van der Waals surface area contributed by atoms with E-state index in [0.29, 0.717) is 5.92 Å². The zero-order valence-electron chi connectivity index (χ0n) is 7.39. The molecule has 2 rings (SSSR count). The molecule has 0 aromatic rings. The number of rotatable bonds is 0. The van der Waals surface area contributed by atoms with Gasteiger partial charge in [0.1, 0.15) is 0 Å². The first-order valence-corrected chi connectivity index (χ1v) is 6.41. The maximum Gasteiger partial charge on any atom is 0.168 e. The Kier molecular flexibility index (Phi) is 2.62. The summed E-state index contributed by atoms with van der Waals surface area (Å²) in [6, 6.07) is 0. The number of fused-ring (bicyclic) bond motifs is 1. The van der Waals surface area contributed by atoms with Crippen LogP contribution in [0.5, 0.6) is 0 Å². The molecule has 0 spiro atoms. The molecule has 0 aromatic heterocycles. The van der Waals surface area contributed by atoms with Crippen LogP contribution in [0.3, 0.4) is 0 Å². The SMILES string of the molecule is CNC(=S)N1CC[C@H]2[C@@H](C1)C2(Br)Br. The third kappa shape index (κ3) is 1.63. The summed E-state index contributed by atoms with van der Waals surface area (Å²) in [5.41, 5.74) is 0. The summed E-state index contributed by atoms with van der Waals surface area (Å²) >= 11 is 12.6. The van der Waals surface area contributed by atoms with Gasteiger partial charge < -0.3 is 10.2 Å². The van der Waals surface area contributed by atoms with Crippen molar-refractivity contribution in [3.63, 3.8) is 0 Å². The monoisotopic (exact) mass is 326 g/mol. The molecule has 1 aliphatic carbocycles. The highest BCUT2D eigenvalue weighted by Crippen LogP contribution is 2.64. The van der Waals surface area contributed by atoms with Gasteiger partial charge in [-0.15, -0.1) is 0 Å². The first-order valence-electron chi connectivity index (χ1n) is 4.42. The highest BCUT2D eigenvalue weighted by Gasteiger charge is 2.63. The second-order valence-electron chi connectivity index (χ2n) is 3.68. The standard InChI is InChI=1S/C8H12Br2N2S/c1-11-7(13)12-3-2-5-6(4-12)8(5,9)10/h5-6H,2-4H2,1H3,(H,11,13)/t5-,6+/m0/s1. The summed E-state index contributed by atoms with van der Waals surface area (Å²) < 4.78 is 0.206. The minimum absolute atomic E-state index is 0.206. The number of piperidine rings is 1. The van der Waals surface area contributed by atoms with Crippen molar-refractivity contribution in [3.8, 4) is 0 Å². The largest absolute Gasteiger partial charge is 0.366 e. The molecule has 1 aliphatic heterocycles. The molecule has 0 amide bonds. The third-order valence-electron chi connectivity index (χ3n) is 2.99. The van der Waals surface area contributed by atoms with Crippen LogP contribution in [0.1, 0.15) is 6.42 Å². The molecule has 2 aliphatic rings. The number of alkyl halides is 2. The molecule has 0 aromatic carbocycles.